The van der Waals surface area contributed by atoms with E-state index in [-0.39, 0.29) is 6.10 Å². The fourth-order valence-corrected chi connectivity index (χ4v) is 1.80. The highest BCUT2D eigenvalue weighted by atomic mass is 16.4. The lowest BCUT2D eigenvalue weighted by Gasteiger charge is -2.31. The monoisotopic (exact) mass is 192 g/mol. The molecular formula is C10H13BO3. The fraction of sp³-hybridized carbons (Fsp3) is 0.400. The molecule has 1 aliphatic carbocycles. The third-order valence-electron chi connectivity index (χ3n) is 2.82. The number of hydrogen-bond acceptors (Lipinski definition) is 3. The third-order valence-corrected chi connectivity index (χ3v) is 2.82. The van der Waals surface area contributed by atoms with Crippen molar-refractivity contribution in [2.75, 3.05) is 0 Å². The maximum absolute atomic E-state index is 9.14. The minimum absolute atomic E-state index is 0.150. The Balaban J connectivity index is 2.07. The van der Waals surface area contributed by atoms with Crippen molar-refractivity contribution in [1.29, 1.82) is 0 Å². The van der Waals surface area contributed by atoms with E-state index < -0.39 is 7.12 Å². The van der Waals surface area contributed by atoms with Gasteiger partial charge >= 0.3 is 7.12 Å². The van der Waals surface area contributed by atoms with Crippen molar-refractivity contribution >= 4 is 12.6 Å². The van der Waals surface area contributed by atoms with E-state index in [2.05, 4.69) is 0 Å². The number of aliphatic hydroxyl groups is 1. The van der Waals surface area contributed by atoms with Crippen molar-refractivity contribution in [3.05, 3.63) is 29.8 Å². The molecule has 0 aliphatic heterocycles. The van der Waals surface area contributed by atoms with Gasteiger partial charge in [-0.2, -0.15) is 0 Å². The lowest BCUT2D eigenvalue weighted by Crippen LogP contribution is -2.30. The summed E-state index contributed by atoms with van der Waals surface area (Å²) in [6.45, 7) is 0. The summed E-state index contributed by atoms with van der Waals surface area (Å²) >= 11 is 0. The maximum Gasteiger partial charge on any atom is 0.488 e. The van der Waals surface area contributed by atoms with Crippen LogP contribution in [0.25, 0.3) is 0 Å². The topological polar surface area (TPSA) is 60.7 Å². The predicted molar refractivity (Wildman–Crippen MR) is 54.2 cm³/mol. The van der Waals surface area contributed by atoms with E-state index in [4.69, 9.17) is 15.2 Å². The highest BCUT2D eigenvalue weighted by Gasteiger charge is 2.28. The summed E-state index contributed by atoms with van der Waals surface area (Å²) in [5.41, 5.74) is 1.67. The molecule has 1 saturated carbocycles. The van der Waals surface area contributed by atoms with Crippen LogP contribution in [0.2, 0.25) is 0 Å². The zero-order valence-corrected chi connectivity index (χ0v) is 7.80. The van der Waals surface area contributed by atoms with E-state index in [1.807, 2.05) is 12.1 Å². The molecule has 0 unspecified atom stereocenters. The molecule has 1 aliphatic rings. The minimum atomic E-state index is -1.39. The Labute approximate surface area is 83.2 Å². The smallest absolute Gasteiger partial charge is 0.423 e. The average Bonchev–Trinajstić information content (AvgIpc) is 2.13. The number of benzene rings is 1. The molecule has 0 aromatic heterocycles. The molecule has 0 bridgehead atoms. The lowest BCUT2D eigenvalue weighted by molar-refractivity contribution is 0.0746. The van der Waals surface area contributed by atoms with Gasteiger partial charge in [0.2, 0.25) is 0 Å². The van der Waals surface area contributed by atoms with Gasteiger partial charge in [0.25, 0.3) is 0 Å². The van der Waals surface area contributed by atoms with Gasteiger partial charge in [0.15, 0.2) is 0 Å². The Morgan fingerprint density at radius 1 is 1.07 bits per heavy atom. The summed E-state index contributed by atoms with van der Waals surface area (Å²) in [6, 6.07) is 7.21. The zero-order valence-electron chi connectivity index (χ0n) is 7.80. The molecule has 3 nitrogen and oxygen atoms in total. The van der Waals surface area contributed by atoms with Gasteiger partial charge in [0.1, 0.15) is 0 Å². The number of hydrogen-bond donors (Lipinski definition) is 3. The van der Waals surface area contributed by atoms with Gasteiger partial charge in [-0.15, -0.1) is 0 Å². The van der Waals surface area contributed by atoms with Gasteiger partial charge in [0.05, 0.1) is 6.10 Å². The van der Waals surface area contributed by atoms with Crippen LogP contribution in [0.4, 0.5) is 0 Å². The van der Waals surface area contributed by atoms with Crippen LogP contribution in [0.15, 0.2) is 24.3 Å². The SMILES string of the molecule is OB(O)c1ccc(C2CC(O)C2)cc1. The minimum Gasteiger partial charge on any atom is -0.423 e. The largest absolute Gasteiger partial charge is 0.488 e. The highest BCUT2D eigenvalue weighted by molar-refractivity contribution is 6.58. The number of aliphatic hydroxyl groups excluding tert-OH is 1. The lowest BCUT2D eigenvalue weighted by atomic mass is 9.75. The molecule has 74 valence electrons. The van der Waals surface area contributed by atoms with Crippen molar-refractivity contribution in [2.24, 2.45) is 0 Å². The first kappa shape index (κ1) is 9.71. The molecule has 1 aromatic rings. The second kappa shape index (κ2) is 3.73. The molecule has 4 heteroatoms. The van der Waals surface area contributed by atoms with Crippen LogP contribution in [-0.2, 0) is 0 Å². The molecule has 1 aromatic carbocycles. The van der Waals surface area contributed by atoms with Crippen LogP contribution >= 0.6 is 0 Å². The average molecular weight is 192 g/mol. The molecule has 0 amide bonds. The van der Waals surface area contributed by atoms with E-state index in [0.29, 0.717) is 11.4 Å². The van der Waals surface area contributed by atoms with Crippen LogP contribution in [-0.4, -0.2) is 28.4 Å². The Kier molecular flexibility index (Phi) is 2.59. The van der Waals surface area contributed by atoms with Crippen molar-refractivity contribution in [1.82, 2.24) is 0 Å². The van der Waals surface area contributed by atoms with Crippen LogP contribution in [0.1, 0.15) is 24.3 Å². The van der Waals surface area contributed by atoms with E-state index in [0.717, 1.165) is 12.8 Å². The Morgan fingerprint density at radius 2 is 1.64 bits per heavy atom. The van der Waals surface area contributed by atoms with Crippen molar-refractivity contribution in [3.63, 3.8) is 0 Å². The molecule has 0 spiro atoms. The normalized spacial score (nSPS) is 25.6. The van der Waals surface area contributed by atoms with Crippen LogP contribution in [0.3, 0.4) is 0 Å². The van der Waals surface area contributed by atoms with Gasteiger partial charge < -0.3 is 15.2 Å². The summed E-state index contributed by atoms with van der Waals surface area (Å²) in [7, 11) is -1.39. The summed E-state index contributed by atoms with van der Waals surface area (Å²) < 4.78 is 0. The van der Waals surface area contributed by atoms with Gasteiger partial charge in [-0.05, 0) is 29.8 Å². The van der Waals surface area contributed by atoms with E-state index in [1.54, 1.807) is 12.1 Å². The summed E-state index contributed by atoms with van der Waals surface area (Å²) in [5, 5.41) is 26.9. The summed E-state index contributed by atoms with van der Waals surface area (Å²) in [4.78, 5) is 0. The van der Waals surface area contributed by atoms with Crippen LogP contribution < -0.4 is 5.46 Å². The van der Waals surface area contributed by atoms with Gasteiger partial charge in [-0.3, -0.25) is 0 Å². The van der Waals surface area contributed by atoms with Gasteiger partial charge in [-0.1, -0.05) is 24.3 Å². The van der Waals surface area contributed by atoms with Crippen molar-refractivity contribution in [2.45, 2.75) is 24.9 Å². The second-order valence-corrected chi connectivity index (χ2v) is 3.86. The molecule has 0 saturated heterocycles. The molecule has 14 heavy (non-hydrogen) atoms. The molecule has 1 fully saturated rings. The second-order valence-electron chi connectivity index (χ2n) is 3.86. The third kappa shape index (κ3) is 1.82. The van der Waals surface area contributed by atoms with E-state index in [9.17, 15) is 0 Å². The first-order valence-corrected chi connectivity index (χ1v) is 4.81. The highest BCUT2D eigenvalue weighted by Crippen LogP contribution is 2.36. The molecule has 2 rings (SSSR count). The zero-order chi connectivity index (χ0) is 10.1. The van der Waals surface area contributed by atoms with E-state index in [1.165, 1.54) is 5.56 Å². The fourth-order valence-electron chi connectivity index (χ4n) is 1.80. The molecule has 3 N–H and O–H groups in total. The van der Waals surface area contributed by atoms with Crippen LogP contribution in [0, 0.1) is 0 Å². The molecule has 0 atom stereocenters. The summed E-state index contributed by atoms with van der Waals surface area (Å²) in [5.74, 6) is 0.440. The first-order chi connectivity index (χ1) is 6.66. The van der Waals surface area contributed by atoms with Gasteiger partial charge in [-0.25, -0.2) is 0 Å². The summed E-state index contributed by atoms with van der Waals surface area (Å²) in [6.07, 6.45) is 1.49. The first-order valence-electron chi connectivity index (χ1n) is 4.81. The van der Waals surface area contributed by atoms with Crippen molar-refractivity contribution in [3.8, 4) is 0 Å². The van der Waals surface area contributed by atoms with Gasteiger partial charge in [0, 0.05) is 0 Å². The maximum atomic E-state index is 9.14. The Hall–Kier alpha value is -0.835. The van der Waals surface area contributed by atoms with E-state index >= 15 is 0 Å². The van der Waals surface area contributed by atoms with Crippen LogP contribution in [0.5, 0.6) is 0 Å². The Bertz CT molecular complexity index is 304. The molecular weight excluding hydrogens is 179 g/mol. The molecule has 0 radical (unpaired) electrons. The number of rotatable bonds is 2. The quantitative estimate of drug-likeness (QED) is 0.559. The van der Waals surface area contributed by atoms with Crippen molar-refractivity contribution < 1.29 is 15.2 Å². The standard InChI is InChI=1S/C10H13BO3/c12-10-5-8(6-10)7-1-3-9(4-2-7)11(13)14/h1-4,8,10,12-14H,5-6H2. The molecule has 0 heterocycles. The Morgan fingerprint density at radius 3 is 2.07 bits per heavy atom. The predicted octanol–water partition coefficient (Wildman–Crippen LogP) is -0.395.